The van der Waals surface area contributed by atoms with Crippen LogP contribution >= 0.6 is 0 Å². The predicted octanol–water partition coefficient (Wildman–Crippen LogP) is 8.51. The van der Waals surface area contributed by atoms with Crippen LogP contribution in [0.1, 0.15) is 55.4 Å². The Morgan fingerprint density at radius 3 is 1.77 bits per heavy atom. The largest absolute Gasteiger partial charge is 0.477 e. The zero-order valence-electron chi connectivity index (χ0n) is 19.9. The molecule has 1 N–H and O–H groups in total. The van der Waals surface area contributed by atoms with Crippen LogP contribution in [0.15, 0.2) is 72.8 Å². The van der Waals surface area contributed by atoms with Gasteiger partial charge in [-0.05, 0) is 0 Å². The van der Waals surface area contributed by atoms with Crippen LogP contribution in [0.4, 0.5) is 0 Å². The van der Waals surface area contributed by atoms with Crippen LogP contribution in [0.3, 0.4) is 0 Å². The summed E-state index contributed by atoms with van der Waals surface area (Å²) < 4.78 is 1.51. The fraction of sp³-hybridized carbons (Fsp3) is 0.286. The van der Waals surface area contributed by atoms with Gasteiger partial charge in [0.25, 0.3) is 0 Å². The van der Waals surface area contributed by atoms with Crippen molar-refractivity contribution < 1.29 is 24.2 Å². The van der Waals surface area contributed by atoms with Gasteiger partial charge in [0.15, 0.2) is 0 Å². The molecule has 0 bridgehead atoms. The van der Waals surface area contributed by atoms with Crippen LogP contribution in [0.25, 0.3) is 21.7 Å². The van der Waals surface area contributed by atoms with Crippen molar-refractivity contribution in [3.8, 4) is 0 Å². The van der Waals surface area contributed by atoms with Crippen molar-refractivity contribution in [2.24, 2.45) is 0 Å². The molecule has 0 radical (unpaired) electrons. The zero-order chi connectivity index (χ0) is 22.9. The molecule has 0 aliphatic carbocycles. The first-order valence-corrected chi connectivity index (χ1v) is 11.5. The van der Waals surface area contributed by atoms with Gasteiger partial charge in [-0.3, -0.25) is 0 Å². The zero-order valence-corrected chi connectivity index (χ0v) is 22.4. The number of hydrogen-bond donors (Lipinski definition) is 1. The summed E-state index contributed by atoms with van der Waals surface area (Å²) in [5, 5.41) is 3.88. The molecule has 0 fully saturated rings. The first kappa shape index (κ1) is 28.3. The number of aromatic amines is 1. The van der Waals surface area contributed by atoms with Gasteiger partial charge in [0.1, 0.15) is 0 Å². The normalized spacial score (nSPS) is 9.37. The Labute approximate surface area is 199 Å². The smallest absolute Gasteiger partial charge is 0.0745 e. The molecule has 1 nitrogen and oxygen atoms in total. The van der Waals surface area contributed by atoms with E-state index in [1.165, 1.54) is 31.2 Å². The second kappa shape index (κ2) is 17.1. The SMILES string of the molecule is C[C-](C)C.C[C-](C)C.C[C](C)=[Zr].[c-]1cc2ccccc2[nH]1.c1ccc2[cH-]ccc2c1. The molecule has 3 aromatic carbocycles. The van der Waals surface area contributed by atoms with Crippen LogP contribution in [-0.4, -0.2) is 8.19 Å². The first-order valence-electron chi connectivity index (χ1n) is 10.2. The van der Waals surface area contributed by atoms with Crippen molar-refractivity contribution in [2.45, 2.75) is 55.4 Å². The summed E-state index contributed by atoms with van der Waals surface area (Å²) in [6, 6.07) is 24.7. The van der Waals surface area contributed by atoms with Crippen LogP contribution in [-0.2, 0) is 24.2 Å². The number of aromatic nitrogens is 1. The van der Waals surface area contributed by atoms with Crippen LogP contribution in [0.5, 0.6) is 0 Å². The van der Waals surface area contributed by atoms with Crippen molar-refractivity contribution in [3.63, 3.8) is 0 Å². The van der Waals surface area contributed by atoms with Crippen molar-refractivity contribution in [2.75, 3.05) is 0 Å². The number of fused-ring (bicyclic) bond motifs is 2. The molecule has 162 valence electrons. The summed E-state index contributed by atoms with van der Waals surface area (Å²) in [6.07, 6.45) is 2.91. The van der Waals surface area contributed by atoms with Gasteiger partial charge in [0.05, 0.1) is 0 Å². The fourth-order valence-electron chi connectivity index (χ4n) is 2.00. The Morgan fingerprint density at radius 2 is 1.27 bits per heavy atom. The quantitative estimate of drug-likeness (QED) is 0.244. The van der Waals surface area contributed by atoms with Crippen molar-refractivity contribution in [1.29, 1.82) is 0 Å². The number of rotatable bonds is 0. The van der Waals surface area contributed by atoms with E-state index < -0.39 is 0 Å². The number of H-pyrrole nitrogens is 1. The molecule has 0 spiro atoms. The minimum atomic E-state index is 1.15. The topological polar surface area (TPSA) is 15.8 Å². The van der Waals surface area contributed by atoms with E-state index in [4.69, 9.17) is 0 Å². The average molecular weight is 479 g/mol. The van der Waals surface area contributed by atoms with E-state index in [0.29, 0.717) is 0 Å². The Hall–Kier alpha value is -1.66. The fourth-order valence-corrected chi connectivity index (χ4v) is 2.00. The van der Waals surface area contributed by atoms with Crippen LogP contribution in [0, 0.1) is 18.0 Å². The molecule has 1 aromatic heterocycles. The minimum Gasteiger partial charge on any atom is -0.477 e. The van der Waals surface area contributed by atoms with Crippen molar-refractivity contribution in [1.82, 2.24) is 4.98 Å². The Balaban J connectivity index is 0.000000377. The van der Waals surface area contributed by atoms with Gasteiger partial charge in [-0.2, -0.15) is 70.5 Å². The maximum Gasteiger partial charge on any atom is -0.0745 e. The second-order valence-electron chi connectivity index (χ2n) is 8.16. The first-order chi connectivity index (χ1) is 14.1. The maximum atomic E-state index is 2.99. The van der Waals surface area contributed by atoms with E-state index in [1.54, 1.807) is 24.2 Å². The van der Waals surface area contributed by atoms with Crippen LogP contribution < -0.4 is 0 Å². The molecule has 2 heteroatoms. The van der Waals surface area contributed by atoms with E-state index in [1.807, 2.05) is 24.3 Å². The summed E-state index contributed by atoms with van der Waals surface area (Å²) in [5.41, 5.74) is 1.15. The number of benzene rings is 2. The van der Waals surface area contributed by atoms with E-state index >= 15 is 0 Å². The van der Waals surface area contributed by atoms with E-state index in [2.05, 4.69) is 115 Å². The van der Waals surface area contributed by atoms with Gasteiger partial charge in [-0.15, -0.1) is 53.5 Å². The van der Waals surface area contributed by atoms with Gasteiger partial charge < -0.3 is 16.8 Å². The molecular formula is C28H37NZr-4. The Morgan fingerprint density at radius 1 is 0.800 bits per heavy atom. The average Bonchev–Trinajstić information content (AvgIpc) is 3.30. The third-order valence-electron chi connectivity index (χ3n) is 2.94. The number of nitrogens with one attached hydrogen (secondary N) is 1. The van der Waals surface area contributed by atoms with Gasteiger partial charge in [0.2, 0.25) is 0 Å². The molecule has 0 aliphatic rings. The summed E-state index contributed by atoms with van der Waals surface area (Å²) in [6.45, 7) is 16.7. The molecule has 30 heavy (non-hydrogen) atoms. The molecular weight excluding hydrogens is 442 g/mol. The van der Waals surface area contributed by atoms with E-state index in [-0.39, 0.29) is 0 Å². The molecule has 0 saturated heterocycles. The molecule has 1 heterocycles. The molecule has 0 saturated carbocycles. The third-order valence-corrected chi connectivity index (χ3v) is 2.94. The van der Waals surface area contributed by atoms with Gasteiger partial charge in [-0.25, -0.2) is 0 Å². The van der Waals surface area contributed by atoms with Gasteiger partial charge in [0, 0.05) is 0 Å². The monoisotopic (exact) mass is 477 g/mol. The van der Waals surface area contributed by atoms with Crippen molar-refractivity contribution >= 4 is 24.9 Å². The Bertz CT molecular complexity index is 786. The number of para-hydroxylation sites is 1. The summed E-state index contributed by atoms with van der Waals surface area (Å²) >= 11 is 1.55. The number of hydrogen-bond acceptors (Lipinski definition) is 0. The molecule has 4 aromatic rings. The van der Waals surface area contributed by atoms with Crippen LogP contribution in [0.2, 0.25) is 0 Å². The third kappa shape index (κ3) is 16.2. The minimum absolute atomic E-state index is 1.15. The van der Waals surface area contributed by atoms with Gasteiger partial charge >= 0.3 is 41.3 Å². The second-order valence-corrected chi connectivity index (χ2v) is 10.6. The standard InChI is InChI=1S/C9H7.C8H6N.2C4H9.C3H6.Zr/c1-2-5-9-7-3-6-8(9)4-1;1-2-4-8-7(3-1)5-6-9-8;2*1-4(2)3;1-3-2;/h1-7H;1-5,9H;2*1-3H3;1-2H3;/q4*-1;;. The molecule has 0 atom stereocenters. The summed E-state index contributed by atoms with van der Waals surface area (Å²) in [7, 11) is 0. The molecule has 4 rings (SSSR count). The molecule has 0 aliphatic heterocycles. The van der Waals surface area contributed by atoms with Gasteiger partial charge in [-0.1, -0.05) is 18.2 Å². The maximum absolute atomic E-state index is 2.99. The van der Waals surface area contributed by atoms with E-state index in [0.717, 1.165) is 5.52 Å². The predicted molar refractivity (Wildman–Crippen MR) is 134 cm³/mol. The summed E-state index contributed by atoms with van der Waals surface area (Å²) in [4.78, 5) is 2.99. The molecule has 0 amide bonds. The molecule has 0 unspecified atom stereocenters. The van der Waals surface area contributed by atoms with E-state index in [9.17, 15) is 0 Å². The van der Waals surface area contributed by atoms with Crippen molar-refractivity contribution in [3.05, 3.63) is 90.8 Å². The summed E-state index contributed by atoms with van der Waals surface area (Å²) in [5.74, 6) is 2.83. The Kier molecular flexibility index (Phi) is 16.1.